The van der Waals surface area contributed by atoms with E-state index in [0.717, 1.165) is 27.3 Å². The van der Waals surface area contributed by atoms with Gasteiger partial charge in [-0.2, -0.15) is 0 Å². The van der Waals surface area contributed by atoms with Crippen LogP contribution in [0.15, 0.2) is 72.9 Å². The predicted octanol–water partition coefficient (Wildman–Crippen LogP) is 3.54. The van der Waals surface area contributed by atoms with Crippen molar-refractivity contribution in [3.63, 3.8) is 0 Å². The Labute approximate surface area is 197 Å². The second-order valence-corrected chi connectivity index (χ2v) is 10.3. The van der Waals surface area contributed by atoms with Crippen LogP contribution in [0.1, 0.15) is 22.8 Å². The first kappa shape index (κ1) is 24.6. The van der Waals surface area contributed by atoms with Crippen LogP contribution in [0.5, 0.6) is 0 Å². The second-order valence-electron chi connectivity index (χ2n) is 7.21. The molecule has 1 heterocycles. The molecule has 0 bridgehead atoms. The summed E-state index contributed by atoms with van der Waals surface area (Å²) in [7, 11) is -3.80. The zero-order valence-corrected chi connectivity index (χ0v) is 19.7. The molecule has 0 aliphatic rings. The molecular weight excluding hydrogens is 460 g/mol. The van der Waals surface area contributed by atoms with E-state index in [2.05, 4.69) is 4.98 Å². The van der Waals surface area contributed by atoms with Crippen molar-refractivity contribution >= 4 is 38.4 Å². The number of thioether (sulfide) groups is 1. The van der Waals surface area contributed by atoms with Crippen LogP contribution < -0.4 is 4.31 Å². The molecule has 3 rings (SSSR count). The van der Waals surface area contributed by atoms with E-state index >= 15 is 0 Å². The maximum absolute atomic E-state index is 13.1. The van der Waals surface area contributed by atoms with Gasteiger partial charge in [-0.15, -0.1) is 0 Å². The lowest BCUT2D eigenvalue weighted by atomic mass is 10.1. The molecule has 0 saturated carbocycles. The third-order valence-electron chi connectivity index (χ3n) is 4.79. The average molecular weight is 485 g/mol. The van der Waals surface area contributed by atoms with Gasteiger partial charge < -0.3 is 5.11 Å². The van der Waals surface area contributed by atoms with E-state index in [-0.39, 0.29) is 35.6 Å². The number of Topliss-reactive ketones (excluding diaryl/α,β-unsaturated/α-hetero) is 1. The molecular formula is C24H24N2O5S2. The number of hydrogen-bond donors (Lipinski definition) is 1. The van der Waals surface area contributed by atoms with Gasteiger partial charge in [0.2, 0.25) is 10.0 Å². The number of anilines is 1. The molecule has 0 aliphatic heterocycles. The topological polar surface area (TPSA) is 105 Å². The number of pyridine rings is 1. The van der Waals surface area contributed by atoms with E-state index in [1.165, 1.54) is 31.2 Å². The van der Waals surface area contributed by atoms with Crippen LogP contribution in [0.3, 0.4) is 0 Å². The van der Waals surface area contributed by atoms with Crippen molar-refractivity contribution in [3.05, 3.63) is 84.1 Å². The Morgan fingerprint density at radius 3 is 2.27 bits per heavy atom. The average Bonchev–Trinajstić information content (AvgIpc) is 2.82. The molecule has 2 aromatic carbocycles. The van der Waals surface area contributed by atoms with E-state index in [9.17, 15) is 23.1 Å². The van der Waals surface area contributed by atoms with Crippen molar-refractivity contribution in [1.29, 1.82) is 0 Å². The number of ketones is 1. The van der Waals surface area contributed by atoms with Crippen molar-refractivity contribution in [1.82, 2.24) is 4.98 Å². The van der Waals surface area contributed by atoms with Gasteiger partial charge in [-0.05, 0) is 42.0 Å². The lowest BCUT2D eigenvalue weighted by Gasteiger charge is -2.24. The van der Waals surface area contributed by atoms with Crippen molar-refractivity contribution in [3.8, 4) is 11.3 Å². The Bertz CT molecular complexity index is 1200. The minimum absolute atomic E-state index is 0.0296. The molecule has 9 heteroatoms. The molecule has 3 aromatic rings. The Morgan fingerprint density at radius 1 is 1.00 bits per heavy atom. The quantitative estimate of drug-likeness (QED) is 0.439. The van der Waals surface area contributed by atoms with Crippen molar-refractivity contribution in [2.75, 3.05) is 23.2 Å². The number of carbonyl (C=O) groups is 2. The first-order valence-electron chi connectivity index (χ1n) is 10.2. The fourth-order valence-corrected chi connectivity index (χ4v) is 5.25. The molecule has 0 saturated heterocycles. The van der Waals surface area contributed by atoms with Crippen LogP contribution in [0.25, 0.3) is 11.3 Å². The number of carbonyl (C=O) groups excluding carboxylic acids is 2. The molecule has 0 atom stereocenters. The van der Waals surface area contributed by atoms with Gasteiger partial charge in [-0.25, -0.2) is 8.42 Å². The largest absolute Gasteiger partial charge is 0.394 e. The molecule has 0 fully saturated rings. The number of benzene rings is 2. The molecule has 0 aliphatic carbocycles. The van der Waals surface area contributed by atoms with Crippen LogP contribution >= 0.6 is 11.8 Å². The highest BCUT2D eigenvalue weighted by Crippen LogP contribution is 2.23. The molecule has 0 spiro atoms. The van der Waals surface area contributed by atoms with Crippen molar-refractivity contribution in [2.45, 2.75) is 12.7 Å². The lowest BCUT2D eigenvalue weighted by Crippen LogP contribution is -2.34. The van der Waals surface area contributed by atoms with Gasteiger partial charge >= 0.3 is 0 Å². The maximum Gasteiger partial charge on any atom is 0.239 e. The standard InChI is InChI=1S/C24H24N2O5S2/c1-18(28)32-16-24(29)21-9-11-22(12-10-21)26(14-15-27)33(30,31)17-19-5-7-20(8-6-19)23-4-2-3-13-25-23/h2-13,27H,14-17H2,1H3. The summed E-state index contributed by atoms with van der Waals surface area (Å²) in [5, 5.41) is 9.31. The van der Waals surface area contributed by atoms with E-state index in [4.69, 9.17) is 0 Å². The third-order valence-corrected chi connectivity index (χ3v) is 7.36. The zero-order chi connectivity index (χ0) is 23.8. The molecule has 1 N–H and O–H groups in total. The number of rotatable bonds is 10. The Balaban J connectivity index is 1.76. The van der Waals surface area contributed by atoms with Crippen LogP contribution in [-0.4, -0.2) is 48.3 Å². The summed E-state index contributed by atoms with van der Waals surface area (Å²) in [5.74, 6) is -0.431. The van der Waals surface area contributed by atoms with Crippen LogP contribution in [0, 0.1) is 0 Å². The van der Waals surface area contributed by atoms with Crippen LogP contribution in [0.2, 0.25) is 0 Å². The molecule has 0 radical (unpaired) electrons. The number of sulfonamides is 1. The fourth-order valence-electron chi connectivity index (χ4n) is 3.18. The highest BCUT2D eigenvalue weighted by atomic mass is 32.2. The third kappa shape index (κ3) is 6.74. The van der Waals surface area contributed by atoms with Crippen LogP contribution in [0.4, 0.5) is 5.69 Å². The lowest BCUT2D eigenvalue weighted by molar-refractivity contribution is -0.109. The van der Waals surface area contributed by atoms with Gasteiger partial charge in [0, 0.05) is 24.2 Å². The summed E-state index contributed by atoms with van der Waals surface area (Å²) in [5.41, 5.74) is 3.02. The molecule has 33 heavy (non-hydrogen) atoms. The number of aliphatic hydroxyl groups is 1. The van der Waals surface area contributed by atoms with Crippen molar-refractivity contribution < 1.29 is 23.1 Å². The first-order valence-corrected chi connectivity index (χ1v) is 12.8. The maximum atomic E-state index is 13.1. The molecule has 1 aromatic heterocycles. The number of hydrogen-bond acceptors (Lipinski definition) is 7. The summed E-state index contributed by atoms with van der Waals surface area (Å²) in [6.45, 7) is 0.931. The molecule has 0 amide bonds. The molecule has 0 unspecified atom stereocenters. The SMILES string of the molecule is CC(=O)SCC(=O)c1ccc(N(CCO)S(=O)(=O)Cc2ccc(-c3ccccn3)cc2)cc1. The zero-order valence-electron chi connectivity index (χ0n) is 18.0. The minimum atomic E-state index is -3.80. The number of nitrogens with zero attached hydrogens (tertiary/aromatic N) is 2. The second kappa shape index (κ2) is 11.2. The molecule has 7 nitrogen and oxygen atoms in total. The van der Waals surface area contributed by atoms with Crippen molar-refractivity contribution in [2.24, 2.45) is 0 Å². The van der Waals surface area contributed by atoms with E-state index < -0.39 is 10.0 Å². The number of aliphatic hydroxyl groups excluding tert-OH is 1. The van der Waals surface area contributed by atoms with Gasteiger partial charge in [0.25, 0.3) is 0 Å². The van der Waals surface area contributed by atoms with E-state index in [1.807, 2.05) is 30.3 Å². The highest BCUT2D eigenvalue weighted by Gasteiger charge is 2.23. The summed E-state index contributed by atoms with van der Waals surface area (Å²) in [6.07, 6.45) is 1.70. The smallest absolute Gasteiger partial charge is 0.239 e. The monoisotopic (exact) mass is 484 g/mol. The predicted molar refractivity (Wildman–Crippen MR) is 131 cm³/mol. The van der Waals surface area contributed by atoms with Gasteiger partial charge in [0.05, 0.1) is 36.0 Å². The van der Waals surface area contributed by atoms with Gasteiger partial charge in [0.15, 0.2) is 10.9 Å². The van der Waals surface area contributed by atoms with Gasteiger partial charge in [-0.3, -0.25) is 18.9 Å². The first-order chi connectivity index (χ1) is 15.8. The fraction of sp³-hybridized carbons (Fsp3) is 0.208. The summed E-state index contributed by atoms with van der Waals surface area (Å²) in [6, 6.07) is 18.8. The highest BCUT2D eigenvalue weighted by molar-refractivity contribution is 8.14. The summed E-state index contributed by atoms with van der Waals surface area (Å²) in [4.78, 5) is 27.5. The van der Waals surface area contributed by atoms with Gasteiger partial charge in [0.1, 0.15) is 0 Å². The Kier molecular flexibility index (Phi) is 8.37. The normalized spacial score (nSPS) is 11.2. The minimum Gasteiger partial charge on any atom is -0.394 e. The molecule has 172 valence electrons. The Morgan fingerprint density at radius 2 is 1.70 bits per heavy atom. The summed E-state index contributed by atoms with van der Waals surface area (Å²) < 4.78 is 27.4. The van der Waals surface area contributed by atoms with Gasteiger partial charge in [-0.1, -0.05) is 42.1 Å². The summed E-state index contributed by atoms with van der Waals surface area (Å²) >= 11 is 0.926. The number of aromatic nitrogens is 1. The van der Waals surface area contributed by atoms with E-state index in [0.29, 0.717) is 16.8 Å². The van der Waals surface area contributed by atoms with Crippen LogP contribution in [-0.2, 0) is 20.6 Å². The van der Waals surface area contributed by atoms with E-state index in [1.54, 1.807) is 18.3 Å². The Hall–Kier alpha value is -3.01.